The number of thiocarbonyl (C=S) groups is 1. The van der Waals surface area contributed by atoms with Gasteiger partial charge in [0.15, 0.2) is 5.11 Å². The maximum atomic E-state index is 6.14. The van der Waals surface area contributed by atoms with Crippen molar-refractivity contribution >= 4 is 51.9 Å². The van der Waals surface area contributed by atoms with E-state index in [2.05, 4.69) is 46.9 Å². The molecule has 0 aliphatic rings. The Bertz CT molecular complexity index is 1030. The number of halogens is 2. The lowest BCUT2D eigenvalue weighted by atomic mass is 10.1. The van der Waals surface area contributed by atoms with E-state index in [1.165, 1.54) is 18.4 Å². The number of nitrogens with zero attached hydrogens (tertiary/aromatic N) is 2. The van der Waals surface area contributed by atoms with Crippen molar-refractivity contribution in [2.75, 3.05) is 10.6 Å². The number of hydrogen-bond donors (Lipinski definition) is 2. The third-order valence-corrected chi connectivity index (χ3v) is 5.91. The molecular formula is C23H26Cl2N4S. The van der Waals surface area contributed by atoms with Crippen LogP contribution in [0.4, 0.5) is 11.4 Å². The molecule has 0 saturated heterocycles. The highest BCUT2D eigenvalue weighted by molar-refractivity contribution is 7.80. The summed E-state index contributed by atoms with van der Waals surface area (Å²) in [5.41, 5.74) is 6.13. The van der Waals surface area contributed by atoms with Crippen molar-refractivity contribution in [2.24, 2.45) is 0 Å². The summed E-state index contributed by atoms with van der Waals surface area (Å²) in [4.78, 5) is 0. The molecule has 0 radical (unpaired) electrons. The van der Waals surface area contributed by atoms with Crippen LogP contribution in [-0.4, -0.2) is 14.9 Å². The van der Waals surface area contributed by atoms with Crippen LogP contribution in [0.25, 0.3) is 0 Å². The van der Waals surface area contributed by atoms with Crippen LogP contribution in [0.15, 0.2) is 42.5 Å². The molecule has 158 valence electrons. The standard InChI is InChI=1S/C23H26Cl2N4S/c1-4-5-6-17-7-10-19(11-8-17)26-23(30)27-22-15(2)28-29(16(22)3)14-18-9-12-20(24)21(25)13-18/h7-13H,4-6,14H2,1-3H3,(H2,26,27,30). The van der Waals surface area contributed by atoms with Crippen molar-refractivity contribution in [1.29, 1.82) is 0 Å². The molecule has 3 aromatic rings. The number of hydrogen-bond acceptors (Lipinski definition) is 2. The minimum Gasteiger partial charge on any atom is -0.332 e. The van der Waals surface area contributed by atoms with Gasteiger partial charge in [0.25, 0.3) is 0 Å². The molecule has 0 aliphatic carbocycles. The fourth-order valence-electron chi connectivity index (χ4n) is 3.25. The van der Waals surface area contributed by atoms with E-state index < -0.39 is 0 Å². The Morgan fingerprint density at radius 1 is 1.00 bits per heavy atom. The van der Waals surface area contributed by atoms with Crippen LogP contribution in [0, 0.1) is 13.8 Å². The lowest BCUT2D eigenvalue weighted by Crippen LogP contribution is -2.20. The fourth-order valence-corrected chi connectivity index (χ4v) is 3.79. The molecule has 2 N–H and O–H groups in total. The second kappa shape index (κ2) is 10.3. The van der Waals surface area contributed by atoms with Crippen molar-refractivity contribution in [3.63, 3.8) is 0 Å². The first-order chi connectivity index (χ1) is 14.4. The minimum atomic E-state index is 0.539. The zero-order valence-electron chi connectivity index (χ0n) is 17.4. The summed E-state index contributed by atoms with van der Waals surface area (Å²) in [6.07, 6.45) is 3.51. The van der Waals surface area contributed by atoms with Gasteiger partial charge in [-0.3, -0.25) is 4.68 Å². The van der Waals surface area contributed by atoms with Gasteiger partial charge in [-0.05, 0) is 74.3 Å². The zero-order valence-corrected chi connectivity index (χ0v) is 19.8. The lowest BCUT2D eigenvalue weighted by molar-refractivity contribution is 0.659. The Morgan fingerprint density at radius 2 is 1.70 bits per heavy atom. The van der Waals surface area contributed by atoms with Crippen LogP contribution in [0.2, 0.25) is 10.0 Å². The Balaban J connectivity index is 1.66. The first-order valence-electron chi connectivity index (χ1n) is 10.0. The molecule has 0 aliphatic heterocycles. The highest BCUT2D eigenvalue weighted by Gasteiger charge is 2.13. The van der Waals surface area contributed by atoms with Gasteiger partial charge >= 0.3 is 0 Å². The van der Waals surface area contributed by atoms with E-state index in [-0.39, 0.29) is 0 Å². The molecule has 0 amide bonds. The van der Waals surface area contributed by atoms with Crippen LogP contribution in [0.1, 0.15) is 42.3 Å². The first kappa shape index (κ1) is 22.6. The van der Waals surface area contributed by atoms with Gasteiger partial charge in [-0.1, -0.05) is 54.7 Å². The van der Waals surface area contributed by atoms with E-state index >= 15 is 0 Å². The molecule has 0 spiro atoms. The quantitative estimate of drug-likeness (QED) is 0.372. The highest BCUT2D eigenvalue weighted by atomic mass is 35.5. The molecule has 7 heteroatoms. The number of benzene rings is 2. The molecule has 4 nitrogen and oxygen atoms in total. The summed E-state index contributed by atoms with van der Waals surface area (Å²) in [5.74, 6) is 0. The maximum absolute atomic E-state index is 6.14. The van der Waals surface area contributed by atoms with Gasteiger partial charge in [-0.25, -0.2) is 0 Å². The second-order valence-electron chi connectivity index (χ2n) is 7.33. The van der Waals surface area contributed by atoms with Crippen molar-refractivity contribution in [2.45, 2.75) is 46.6 Å². The monoisotopic (exact) mass is 460 g/mol. The maximum Gasteiger partial charge on any atom is 0.175 e. The predicted molar refractivity (Wildman–Crippen MR) is 132 cm³/mol. The topological polar surface area (TPSA) is 41.9 Å². The van der Waals surface area contributed by atoms with Gasteiger partial charge in [0.1, 0.15) is 0 Å². The second-order valence-corrected chi connectivity index (χ2v) is 8.55. The highest BCUT2D eigenvalue weighted by Crippen LogP contribution is 2.25. The summed E-state index contributed by atoms with van der Waals surface area (Å²) in [5, 5.41) is 12.8. The van der Waals surface area contributed by atoms with Gasteiger partial charge in [0.2, 0.25) is 0 Å². The number of nitrogens with one attached hydrogen (secondary N) is 2. The molecule has 30 heavy (non-hydrogen) atoms. The van der Waals surface area contributed by atoms with Crippen LogP contribution in [0.5, 0.6) is 0 Å². The van der Waals surface area contributed by atoms with Crippen LogP contribution < -0.4 is 10.6 Å². The Hall–Kier alpha value is -2.08. The minimum absolute atomic E-state index is 0.539. The van der Waals surface area contributed by atoms with Gasteiger partial charge in [0, 0.05) is 5.69 Å². The van der Waals surface area contributed by atoms with E-state index in [1.54, 1.807) is 6.07 Å². The van der Waals surface area contributed by atoms with Gasteiger partial charge in [0.05, 0.1) is 33.7 Å². The fraction of sp³-hybridized carbons (Fsp3) is 0.304. The Labute approximate surface area is 193 Å². The molecule has 0 bridgehead atoms. The van der Waals surface area contributed by atoms with Gasteiger partial charge in [-0.15, -0.1) is 0 Å². The van der Waals surface area contributed by atoms with Crippen LogP contribution >= 0.6 is 35.4 Å². The molecule has 0 saturated carbocycles. The Morgan fingerprint density at radius 3 is 2.37 bits per heavy atom. The number of unbranched alkanes of at least 4 members (excludes halogenated alkanes) is 1. The van der Waals surface area contributed by atoms with E-state index in [9.17, 15) is 0 Å². The molecule has 2 aromatic carbocycles. The van der Waals surface area contributed by atoms with Gasteiger partial charge in [-0.2, -0.15) is 5.10 Å². The van der Waals surface area contributed by atoms with Crippen molar-refractivity contribution in [3.8, 4) is 0 Å². The predicted octanol–water partition coefficient (Wildman–Crippen LogP) is 7.01. The SMILES string of the molecule is CCCCc1ccc(NC(=S)Nc2c(C)nn(Cc3ccc(Cl)c(Cl)c3)c2C)cc1. The van der Waals surface area contributed by atoms with Crippen molar-refractivity contribution < 1.29 is 0 Å². The molecule has 1 aromatic heterocycles. The Kier molecular flexibility index (Phi) is 7.75. The summed E-state index contributed by atoms with van der Waals surface area (Å²) < 4.78 is 1.93. The third-order valence-electron chi connectivity index (χ3n) is 4.97. The smallest absolute Gasteiger partial charge is 0.175 e. The number of rotatable bonds is 7. The normalized spacial score (nSPS) is 10.8. The van der Waals surface area contributed by atoms with E-state index in [4.69, 9.17) is 35.4 Å². The number of aryl methyl sites for hydroxylation is 2. The molecular weight excluding hydrogens is 435 g/mol. The summed E-state index contributed by atoms with van der Waals surface area (Å²) in [6.45, 7) is 6.79. The lowest BCUT2D eigenvalue weighted by Gasteiger charge is -2.12. The summed E-state index contributed by atoms with van der Waals surface area (Å²) >= 11 is 17.7. The van der Waals surface area contributed by atoms with E-state index in [0.29, 0.717) is 21.7 Å². The number of anilines is 2. The molecule has 0 atom stereocenters. The first-order valence-corrected chi connectivity index (χ1v) is 11.2. The molecule has 0 unspecified atom stereocenters. The van der Waals surface area contributed by atoms with E-state index in [0.717, 1.165) is 34.7 Å². The molecule has 1 heterocycles. The summed E-state index contributed by atoms with van der Waals surface area (Å²) in [7, 11) is 0. The molecule has 0 fully saturated rings. The molecule has 3 rings (SSSR count). The van der Waals surface area contributed by atoms with Crippen LogP contribution in [0.3, 0.4) is 0 Å². The van der Waals surface area contributed by atoms with Crippen molar-refractivity contribution in [1.82, 2.24) is 9.78 Å². The number of aromatic nitrogens is 2. The average molecular weight is 461 g/mol. The average Bonchev–Trinajstić information content (AvgIpc) is 2.97. The van der Waals surface area contributed by atoms with Crippen molar-refractivity contribution in [3.05, 3.63) is 75.0 Å². The third kappa shape index (κ3) is 5.75. The summed E-state index contributed by atoms with van der Waals surface area (Å²) in [6, 6.07) is 14.0. The zero-order chi connectivity index (χ0) is 21.7. The van der Waals surface area contributed by atoms with Crippen LogP contribution in [-0.2, 0) is 13.0 Å². The largest absolute Gasteiger partial charge is 0.332 e. The van der Waals surface area contributed by atoms with Gasteiger partial charge < -0.3 is 10.6 Å². The van der Waals surface area contributed by atoms with E-state index in [1.807, 2.05) is 30.7 Å².